The minimum atomic E-state index is -0.662. The molecule has 0 heterocycles. The lowest BCUT2D eigenvalue weighted by atomic mass is 10.1. The number of aliphatic carboxylic acids is 1. The van der Waals surface area contributed by atoms with Crippen molar-refractivity contribution < 1.29 is 14.7 Å². The van der Waals surface area contributed by atoms with Crippen LogP contribution in [0.2, 0.25) is 0 Å². The Morgan fingerprint density at radius 3 is 1.55 bits per heavy atom. The fraction of sp³-hybridized carbons (Fsp3) is 0.733. The highest BCUT2D eigenvalue weighted by molar-refractivity contribution is 5.66. The van der Waals surface area contributed by atoms with Crippen LogP contribution < -0.4 is 0 Å². The molecule has 0 unspecified atom stereocenters. The SMILES string of the molecule is CC=CC/C=C/CCCCCCCC=O.CCCC/C=C\CCCCCCCCCC(=O)O. The fourth-order valence-corrected chi connectivity index (χ4v) is 3.43. The summed E-state index contributed by atoms with van der Waals surface area (Å²) in [6.07, 6.45) is 37.2. The van der Waals surface area contributed by atoms with Crippen LogP contribution >= 0.6 is 0 Å². The Balaban J connectivity index is 0. The van der Waals surface area contributed by atoms with E-state index in [1.807, 2.05) is 6.92 Å². The molecule has 0 aromatic heterocycles. The molecule has 0 aliphatic rings. The number of hydrogen-bond donors (Lipinski definition) is 1. The van der Waals surface area contributed by atoms with Crippen LogP contribution in [0.4, 0.5) is 0 Å². The first-order valence-corrected chi connectivity index (χ1v) is 13.8. The van der Waals surface area contributed by atoms with Crippen LogP contribution in [-0.2, 0) is 9.59 Å². The summed E-state index contributed by atoms with van der Waals surface area (Å²) in [5.41, 5.74) is 0. The van der Waals surface area contributed by atoms with Crippen LogP contribution in [-0.4, -0.2) is 17.4 Å². The number of carbonyl (C=O) groups is 2. The quantitative estimate of drug-likeness (QED) is 0.0933. The average Bonchev–Trinajstić information content (AvgIpc) is 2.81. The second-order valence-corrected chi connectivity index (χ2v) is 8.81. The Bertz CT molecular complexity index is 477. The molecular weight excluding hydrogens is 408 g/mol. The smallest absolute Gasteiger partial charge is 0.303 e. The molecule has 0 fully saturated rings. The highest BCUT2D eigenvalue weighted by atomic mass is 16.4. The molecule has 0 aliphatic carbocycles. The van der Waals surface area contributed by atoms with Crippen molar-refractivity contribution in [2.75, 3.05) is 0 Å². The number of allylic oxidation sites excluding steroid dienone is 6. The minimum Gasteiger partial charge on any atom is -0.481 e. The molecule has 1 N–H and O–H groups in total. The Kier molecular flexibility index (Phi) is 33.1. The van der Waals surface area contributed by atoms with Crippen LogP contribution in [0.1, 0.15) is 142 Å². The van der Waals surface area contributed by atoms with E-state index < -0.39 is 5.97 Å². The maximum Gasteiger partial charge on any atom is 0.303 e. The third kappa shape index (κ3) is 38.0. The third-order valence-corrected chi connectivity index (χ3v) is 5.52. The van der Waals surface area contributed by atoms with Gasteiger partial charge in [0.25, 0.3) is 0 Å². The van der Waals surface area contributed by atoms with Crippen molar-refractivity contribution in [1.29, 1.82) is 0 Å². The van der Waals surface area contributed by atoms with Crippen molar-refractivity contribution in [1.82, 2.24) is 0 Å². The lowest BCUT2D eigenvalue weighted by Crippen LogP contribution is -1.93. The van der Waals surface area contributed by atoms with Gasteiger partial charge in [0, 0.05) is 12.8 Å². The molecule has 0 aromatic rings. The number of rotatable bonds is 23. The first-order chi connectivity index (χ1) is 16.2. The van der Waals surface area contributed by atoms with E-state index in [4.69, 9.17) is 5.11 Å². The van der Waals surface area contributed by atoms with Gasteiger partial charge in [-0.1, -0.05) is 108 Å². The van der Waals surface area contributed by atoms with Crippen LogP contribution in [0.3, 0.4) is 0 Å². The van der Waals surface area contributed by atoms with Gasteiger partial charge in [-0.15, -0.1) is 0 Å². The summed E-state index contributed by atoms with van der Waals surface area (Å²) < 4.78 is 0. The van der Waals surface area contributed by atoms with Gasteiger partial charge in [0.2, 0.25) is 0 Å². The summed E-state index contributed by atoms with van der Waals surface area (Å²) >= 11 is 0. The standard InChI is InChI=1S/C16H30O2.C14H24O/c1-2-3-4-5-6-7-8-9-10-11-12-13-14-15-16(17)18;1-2-3-4-5-6-7-8-9-10-11-12-13-14-15/h5-6H,2-4,7-15H2,1H3,(H,17,18);2-3,5-6,14H,4,7-13H2,1H3/b6-5-;3-2?,6-5+. The molecule has 0 saturated heterocycles. The molecule has 192 valence electrons. The number of carboxylic acids is 1. The number of carbonyl (C=O) groups excluding carboxylic acids is 1. The summed E-state index contributed by atoms with van der Waals surface area (Å²) in [5.74, 6) is -0.662. The predicted molar refractivity (Wildman–Crippen MR) is 145 cm³/mol. The molecule has 0 rings (SSSR count). The summed E-state index contributed by atoms with van der Waals surface area (Å²) in [4.78, 5) is 20.3. The second kappa shape index (κ2) is 32.5. The van der Waals surface area contributed by atoms with Crippen molar-refractivity contribution >= 4 is 12.3 Å². The zero-order chi connectivity index (χ0) is 24.7. The summed E-state index contributed by atoms with van der Waals surface area (Å²) in [6, 6.07) is 0. The van der Waals surface area contributed by atoms with Crippen LogP contribution in [0.5, 0.6) is 0 Å². The fourth-order valence-electron chi connectivity index (χ4n) is 3.43. The maximum atomic E-state index is 10.3. The minimum absolute atomic E-state index is 0.336. The van der Waals surface area contributed by atoms with Crippen molar-refractivity contribution in [2.24, 2.45) is 0 Å². The van der Waals surface area contributed by atoms with Crippen molar-refractivity contribution in [2.45, 2.75) is 142 Å². The summed E-state index contributed by atoms with van der Waals surface area (Å²) in [6.45, 7) is 4.28. The maximum absolute atomic E-state index is 10.3. The zero-order valence-electron chi connectivity index (χ0n) is 21.9. The number of carboxylic acid groups (broad SMARTS) is 1. The molecule has 0 aromatic carbocycles. The van der Waals surface area contributed by atoms with Gasteiger partial charge < -0.3 is 9.90 Å². The summed E-state index contributed by atoms with van der Waals surface area (Å²) in [7, 11) is 0. The van der Waals surface area contributed by atoms with E-state index in [1.165, 1.54) is 89.9 Å². The van der Waals surface area contributed by atoms with Crippen LogP contribution in [0, 0.1) is 0 Å². The molecular formula is C30H54O3. The van der Waals surface area contributed by atoms with E-state index in [-0.39, 0.29) is 0 Å². The number of aldehydes is 1. The first kappa shape index (κ1) is 33.5. The van der Waals surface area contributed by atoms with E-state index >= 15 is 0 Å². The third-order valence-electron chi connectivity index (χ3n) is 5.52. The normalized spacial score (nSPS) is 11.3. The van der Waals surface area contributed by atoms with Gasteiger partial charge in [0.15, 0.2) is 0 Å². The van der Waals surface area contributed by atoms with Gasteiger partial charge >= 0.3 is 5.97 Å². The molecule has 0 atom stereocenters. The van der Waals surface area contributed by atoms with Gasteiger partial charge in [0.05, 0.1) is 0 Å². The van der Waals surface area contributed by atoms with E-state index in [0.29, 0.717) is 6.42 Å². The molecule has 0 saturated carbocycles. The van der Waals surface area contributed by atoms with E-state index in [2.05, 4.69) is 43.4 Å². The molecule has 33 heavy (non-hydrogen) atoms. The summed E-state index contributed by atoms with van der Waals surface area (Å²) in [5, 5.41) is 8.48. The van der Waals surface area contributed by atoms with Crippen molar-refractivity contribution in [3.63, 3.8) is 0 Å². The zero-order valence-corrected chi connectivity index (χ0v) is 21.9. The van der Waals surface area contributed by atoms with E-state index in [0.717, 1.165) is 38.4 Å². The van der Waals surface area contributed by atoms with Gasteiger partial charge in [0.1, 0.15) is 6.29 Å². The van der Waals surface area contributed by atoms with Gasteiger partial charge in [-0.3, -0.25) is 4.79 Å². The lowest BCUT2D eigenvalue weighted by molar-refractivity contribution is -0.137. The molecule has 0 aliphatic heterocycles. The number of unbranched alkanes of at least 4 members (excludes halogenated alkanes) is 15. The van der Waals surface area contributed by atoms with Crippen molar-refractivity contribution in [3.8, 4) is 0 Å². The van der Waals surface area contributed by atoms with Gasteiger partial charge in [-0.2, -0.15) is 0 Å². The molecule has 0 amide bonds. The largest absolute Gasteiger partial charge is 0.481 e. The molecule has 0 spiro atoms. The Morgan fingerprint density at radius 1 is 0.606 bits per heavy atom. The average molecular weight is 463 g/mol. The Hall–Kier alpha value is -1.64. The van der Waals surface area contributed by atoms with E-state index in [9.17, 15) is 9.59 Å². The number of hydrogen-bond acceptors (Lipinski definition) is 2. The topological polar surface area (TPSA) is 54.4 Å². The monoisotopic (exact) mass is 462 g/mol. The van der Waals surface area contributed by atoms with Crippen LogP contribution in [0.25, 0.3) is 0 Å². The predicted octanol–water partition coefficient (Wildman–Crippen LogP) is 9.77. The lowest BCUT2D eigenvalue weighted by Gasteiger charge is -2.00. The van der Waals surface area contributed by atoms with Gasteiger partial charge in [-0.25, -0.2) is 0 Å². The second-order valence-electron chi connectivity index (χ2n) is 8.81. The Morgan fingerprint density at radius 2 is 1.06 bits per heavy atom. The molecule has 0 radical (unpaired) electrons. The first-order valence-electron chi connectivity index (χ1n) is 13.8. The highest BCUT2D eigenvalue weighted by Gasteiger charge is 1.96. The highest BCUT2D eigenvalue weighted by Crippen LogP contribution is 2.10. The Labute approximate surface area is 205 Å². The van der Waals surface area contributed by atoms with Crippen molar-refractivity contribution in [3.05, 3.63) is 36.5 Å². The molecule has 0 bridgehead atoms. The molecule has 3 heteroatoms. The van der Waals surface area contributed by atoms with Gasteiger partial charge in [-0.05, 0) is 58.3 Å². The van der Waals surface area contributed by atoms with Crippen LogP contribution in [0.15, 0.2) is 36.5 Å². The van der Waals surface area contributed by atoms with E-state index in [1.54, 1.807) is 0 Å². The molecule has 3 nitrogen and oxygen atoms in total.